The van der Waals surface area contributed by atoms with E-state index in [1.54, 1.807) is 4.90 Å². The van der Waals surface area contributed by atoms with Gasteiger partial charge in [-0.05, 0) is 31.0 Å². The molecule has 11 heteroatoms. The van der Waals surface area contributed by atoms with Gasteiger partial charge in [-0.25, -0.2) is 12.8 Å². The second-order valence-corrected chi connectivity index (χ2v) is 8.05. The summed E-state index contributed by atoms with van der Waals surface area (Å²) in [5.74, 6) is -0.894. The predicted octanol–water partition coefficient (Wildman–Crippen LogP) is -2.75. The smallest absolute Gasteiger partial charge is 0.358 e. The number of fused-ring (bicyclic) bond motifs is 2. The van der Waals surface area contributed by atoms with Crippen LogP contribution in [0.25, 0.3) is 0 Å². The molecule has 2 bridgehead atoms. The van der Waals surface area contributed by atoms with Crippen LogP contribution in [-0.4, -0.2) is 59.0 Å². The summed E-state index contributed by atoms with van der Waals surface area (Å²) in [5.41, 5.74) is 0.154. The van der Waals surface area contributed by atoms with E-state index in [2.05, 4.69) is 15.4 Å². The summed E-state index contributed by atoms with van der Waals surface area (Å²) in [6, 6.07) is 4.35. The third kappa shape index (κ3) is 3.31. The number of likely N-dealkylation sites (tertiary alicyclic amines) is 1. The minimum Gasteiger partial charge on any atom is -0.358 e. The molecule has 1 aromatic heterocycles. The van der Waals surface area contributed by atoms with E-state index in [9.17, 15) is 17.6 Å². The largest absolute Gasteiger partial charge is 1.00 e. The van der Waals surface area contributed by atoms with E-state index in [0.29, 0.717) is 12.8 Å². The van der Waals surface area contributed by atoms with E-state index in [-0.39, 0.29) is 71.2 Å². The number of carbonyl (C=O) groups is 1. The maximum atomic E-state index is 13.4. The zero-order chi connectivity index (χ0) is 17.6. The van der Waals surface area contributed by atoms with Crippen molar-refractivity contribution in [3.8, 4) is 0 Å². The summed E-state index contributed by atoms with van der Waals surface area (Å²) >= 11 is 0. The van der Waals surface area contributed by atoms with Gasteiger partial charge in [-0.3, -0.25) is 10.0 Å². The topological polar surface area (TPSA) is 97.6 Å². The molecule has 1 aromatic carbocycles. The third-order valence-electron chi connectivity index (χ3n) is 4.68. The van der Waals surface area contributed by atoms with Crippen molar-refractivity contribution in [2.24, 2.45) is 0 Å². The number of sulfonamides is 1. The van der Waals surface area contributed by atoms with Gasteiger partial charge in [-0.15, -0.1) is 0 Å². The minimum atomic E-state index is -3.81. The molecule has 2 fully saturated rings. The first-order valence-electron chi connectivity index (χ1n) is 7.86. The summed E-state index contributed by atoms with van der Waals surface area (Å²) in [6.07, 6.45) is 2.61. The minimum absolute atomic E-state index is 0. The Morgan fingerprint density at radius 1 is 1.23 bits per heavy atom. The molecule has 2 aliphatic rings. The number of halogens is 1. The van der Waals surface area contributed by atoms with Crippen molar-refractivity contribution < 1.29 is 47.2 Å². The van der Waals surface area contributed by atoms with Crippen molar-refractivity contribution in [1.82, 2.24) is 24.6 Å². The van der Waals surface area contributed by atoms with Crippen LogP contribution in [0.15, 0.2) is 35.4 Å². The number of carbonyl (C=O) groups excluding carboxylic acids is 1. The quantitative estimate of drug-likeness (QED) is 0.530. The Kier molecular flexibility index (Phi) is 5.50. The number of aromatic nitrogens is 3. The number of benzene rings is 1. The van der Waals surface area contributed by atoms with Gasteiger partial charge in [0.25, 0.3) is 5.91 Å². The van der Waals surface area contributed by atoms with Crippen LogP contribution in [0.2, 0.25) is 0 Å². The Morgan fingerprint density at radius 2 is 1.92 bits per heavy atom. The van der Waals surface area contributed by atoms with Crippen molar-refractivity contribution in [1.29, 1.82) is 0 Å². The van der Waals surface area contributed by atoms with Gasteiger partial charge in [0.2, 0.25) is 10.0 Å². The monoisotopic (exact) mass is 387 g/mol. The fourth-order valence-corrected chi connectivity index (χ4v) is 5.50. The second kappa shape index (κ2) is 7.35. The van der Waals surface area contributed by atoms with Crippen LogP contribution in [0.3, 0.4) is 0 Å². The number of hydrogen-bond acceptors (Lipinski definition) is 5. The van der Waals surface area contributed by atoms with Crippen LogP contribution >= 0.6 is 0 Å². The molecule has 0 saturated carbocycles. The Bertz CT molecular complexity index is 894. The summed E-state index contributed by atoms with van der Waals surface area (Å²) in [7, 11) is -3.81. The van der Waals surface area contributed by atoms with Gasteiger partial charge in [0, 0.05) is 30.9 Å². The molecule has 2 saturated heterocycles. The average Bonchev–Trinajstić information content (AvgIpc) is 3.21. The summed E-state index contributed by atoms with van der Waals surface area (Å²) in [6.45, 7) is 0.549. The molecule has 3 heterocycles. The van der Waals surface area contributed by atoms with Crippen LogP contribution in [-0.2, 0) is 10.0 Å². The van der Waals surface area contributed by atoms with Gasteiger partial charge >= 0.3 is 29.6 Å². The van der Waals surface area contributed by atoms with Crippen molar-refractivity contribution in [3.63, 3.8) is 0 Å². The third-order valence-corrected chi connectivity index (χ3v) is 6.68. The molecular weight excluding hydrogens is 372 g/mol. The van der Waals surface area contributed by atoms with E-state index in [1.165, 1.54) is 28.7 Å². The van der Waals surface area contributed by atoms with Gasteiger partial charge < -0.3 is 15.1 Å². The van der Waals surface area contributed by atoms with Crippen molar-refractivity contribution in [2.75, 3.05) is 13.1 Å². The Balaban J connectivity index is 0.00000196. The van der Waals surface area contributed by atoms with Crippen molar-refractivity contribution >= 4 is 15.9 Å². The van der Waals surface area contributed by atoms with Gasteiger partial charge in [0.15, 0.2) is 0 Å². The summed E-state index contributed by atoms with van der Waals surface area (Å²) in [5, 5.41) is 10.6. The molecule has 132 valence electrons. The van der Waals surface area contributed by atoms with E-state index < -0.39 is 15.8 Å². The van der Waals surface area contributed by atoms with E-state index in [1.807, 2.05) is 0 Å². The number of rotatable bonds is 3. The Labute approximate surface area is 172 Å². The van der Waals surface area contributed by atoms with Gasteiger partial charge in [-0.2, -0.15) is 4.31 Å². The van der Waals surface area contributed by atoms with Crippen LogP contribution in [0.4, 0.5) is 4.39 Å². The van der Waals surface area contributed by atoms with E-state index in [0.717, 1.165) is 6.07 Å². The molecule has 0 aliphatic carbocycles. The first kappa shape index (κ1) is 19.4. The normalized spacial score (nSPS) is 22.9. The zero-order valence-corrected chi connectivity index (χ0v) is 16.9. The molecule has 0 N–H and O–H groups in total. The predicted molar refractivity (Wildman–Crippen MR) is 83.5 cm³/mol. The number of hydrogen-bond donors (Lipinski definition) is 0. The molecule has 8 nitrogen and oxygen atoms in total. The molecule has 26 heavy (non-hydrogen) atoms. The molecule has 0 spiro atoms. The van der Waals surface area contributed by atoms with E-state index >= 15 is 0 Å². The summed E-state index contributed by atoms with van der Waals surface area (Å²) in [4.78, 5) is 13.9. The van der Waals surface area contributed by atoms with Crippen LogP contribution in [0.5, 0.6) is 0 Å². The Hall–Kier alpha value is -1.33. The SMILES string of the molecule is O=C(c1cnn[n-]1)N1CC2CCC(C1)N2S(=O)(=O)c1cccc(F)c1.[Na+]. The maximum Gasteiger partial charge on any atom is 1.00 e. The van der Waals surface area contributed by atoms with Crippen LogP contribution in [0.1, 0.15) is 23.3 Å². The maximum absolute atomic E-state index is 13.4. The molecule has 2 unspecified atom stereocenters. The second-order valence-electron chi connectivity index (χ2n) is 6.21. The molecule has 4 rings (SSSR count). The van der Waals surface area contributed by atoms with Gasteiger partial charge in [0.1, 0.15) is 5.82 Å². The van der Waals surface area contributed by atoms with Crippen LogP contribution in [0, 0.1) is 5.82 Å². The Morgan fingerprint density at radius 3 is 2.50 bits per heavy atom. The summed E-state index contributed by atoms with van der Waals surface area (Å²) < 4.78 is 40.7. The molecule has 1 amide bonds. The first-order chi connectivity index (χ1) is 12.0. The fourth-order valence-electron chi connectivity index (χ4n) is 3.61. The number of piperazine rings is 1. The number of amides is 1. The van der Waals surface area contributed by atoms with Crippen molar-refractivity contribution in [3.05, 3.63) is 42.0 Å². The van der Waals surface area contributed by atoms with Crippen LogP contribution < -0.4 is 34.7 Å². The first-order valence-corrected chi connectivity index (χ1v) is 9.30. The molecule has 2 aliphatic heterocycles. The standard InChI is InChI=1S/C15H16FN5O3S.Na/c16-10-2-1-3-13(6-10)25(23,24)21-11-4-5-12(21)9-20(8-11)15(22)14-7-17-19-18-14;/h1-3,6-7,11-12H,4-5,8-9H2,(H,17,18,19,22);/q;+1/p-1. The molecule has 0 radical (unpaired) electrons. The van der Waals surface area contributed by atoms with E-state index in [4.69, 9.17) is 0 Å². The van der Waals surface area contributed by atoms with Crippen molar-refractivity contribution in [2.45, 2.75) is 29.8 Å². The number of nitrogens with zero attached hydrogens (tertiary/aromatic N) is 5. The molecule has 2 aromatic rings. The molecular formula is C15H15FN5NaO3S. The molecule has 2 atom stereocenters. The average molecular weight is 387 g/mol. The van der Waals surface area contributed by atoms with Gasteiger partial charge in [0.05, 0.1) is 4.90 Å². The zero-order valence-electron chi connectivity index (χ0n) is 14.1. The fraction of sp³-hybridized carbons (Fsp3) is 0.400. The van der Waals surface area contributed by atoms with Gasteiger partial charge in [-0.1, -0.05) is 12.3 Å².